The van der Waals surface area contributed by atoms with Crippen molar-refractivity contribution in [2.45, 2.75) is 32.5 Å². The van der Waals surface area contributed by atoms with Crippen LogP contribution in [0.15, 0.2) is 14.4 Å². The number of rotatable bonds is 3. The Morgan fingerprint density at radius 1 is 1.09 bits per heavy atom. The summed E-state index contributed by atoms with van der Waals surface area (Å²) in [5, 5.41) is 12.9. The second-order valence-electron chi connectivity index (χ2n) is 8.10. The zero-order valence-corrected chi connectivity index (χ0v) is 18.3. The normalized spacial score (nSPS) is 15.0. The number of aromatic nitrogens is 6. The van der Waals surface area contributed by atoms with Gasteiger partial charge in [0.25, 0.3) is 17.0 Å². The number of imidazole rings is 1. The SMILES string of the molecule is Cn1c(=O)c2c(nc(CNC(=O)c3nc4n(c(=O)c3O)CCOC4(C)C)n2C)n(C)c1=O. The van der Waals surface area contributed by atoms with Gasteiger partial charge in [0, 0.05) is 21.1 Å². The molecule has 0 aromatic carbocycles. The van der Waals surface area contributed by atoms with Gasteiger partial charge in [0.2, 0.25) is 5.75 Å². The molecule has 4 heterocycles. The first kappa shape index (κ1) is 21.5. The van der Waals surface area contributed by atoms with Crippen molar-refractivity contribution in [2.24, 2.45) is 21.1 Å². The maximum Gasteiger partial charge on any atom is 0.332 e. The number of ether oxygens (including phenoxy) is 1. The second-order valence-corrected chi connectivity index (χ2v) is 8.10. The maximum absolute atomic E-state index is 12.8. The molecule has 0 spiro atoms. The molecule has 2 N–H and O–H groups in total. The fraction of sp³-hybridized carbons (Fsp3) is 0.474. The summed E-state index contributed by atoms with van der Waals surface area (Å²) < 4.78 is 10.6. The van der Waals surface area contributed by atoms with E-state index >= 15 is 0 Å². The Hall–Kier alpha value is -3.74. The maximum atomic E-state index is 12.8. The summed E-state index contributed by atoms with van der Waals surface area (Å²) in [4.78, 5) is 58.5. The van der Waals surface area contributed by atoms with E-state index in [0.717, 1.165) is 4.57 Å². The summed E-state index contributed by atoms with van der Waals surface area (Å²) in [5.41, 5.74) is -2.73. The smallest absolute Gasteiger partial charge is 0.332 e. The van der Waals surface area contributed by atoms with Crippen molar-refractivity contribution < 1.29 is 14.6 Å². The summed E-state index contributed by atoms with van der Waals surface area (Å²) in [6.07, 6.45) is 0. The molecule has 32 heavy (non-hydrogen) atoms. The fourth-order valence-electron chi connectivity index (χ4n) is 3.79. The van der Waals surface area contributed by atoms with E-state index in [4.69, 9.17) is 4.74 Å². The van der Waals surface area contributed by atoms with Crippen molar-refractivity contribution in [3.05, 3.63) is 48.5 Å². The van der Waals surface area contributed by atoms with Crippen molar-refractivity contribution >= 4 is 17.1 Å². The zero-order valence-electron chi connectivity index (χ0n) is 18.3. The topological polar surface area (TPSA) is 155 Å². The summed E-state index contributed by atoms with van der Waals surface area (Å²) in [6.45, 7) is 3.79. The van der Waals surface area contributed by atoms with Crippen molar-refractivity contribution in [1.29, 1.82) is 0 Å². The van der Waals surface area contributed by atoms with Gasteiger partial charge in [0.15, 0.2) is 16.9 Å². The Labute approximate surface area is 180 Å². The van der Waals surface area contributed by atoms with Crippen LogP contribution in [0, 0.1) is 0 Å². The molecule has 1 aliphatic heterocycles. The van der Waals surface area contributed by atoms with E-state index in [-0.39, 0.29) is 36.7 Å². The highest BCUT2D eigenvalue weighted by molar-refractivity contribution is 5.94. The number of nitrogens with zero attached hydrogens (tertiary/aromatic N) is 6. The van der Waals surface area contributed by atoms with Gasteiger partial charge >= 0.3 is 5.69 Å². The molecule has 0 aliphatic carbocycles. The minimum Gasteiger partial charge on any atom is -0.501 e. The predicted molar refractivity (Wildman–Crippen MR) is 112 cm³/mol. The van der Waals surface area contributed by atoms with Crippen LogP contribution in [0.1, 0.15) is 36.0 Å². The Kier molecular flexibility index (Phi) is 4.80. The van der Waals surface area contributed by atoms with Crippen molar-refractivity contribution in [3.8, 4) is 5.75 Å². The van der Waals surface area contributed by atoms with Crippen LogP contribution >= 0.6 is 0 Å². The van der Waals surface area contributed by atoms with Gasteiger partial charge in [-0.1, -0.05) is 0 Å². The van der Waals surface area contributed by atoms with E-state index in [1.54, 1.807) is 20.9 Å². The first-order chi connectivity index (χ1) is 15.0. The Bertz CT molecular complexity index is 1460. The molecule has 0 unspecified atom stereocenters. The van der Waals surface area contributed by atoms with Gasteiger partial charge in [-0.05, 0) is 13.8 Å². The van der Waals surface area contributed by atoms with Gasteiger partial charge in [-0.2, -0.15) is 0 Å². The molecule has 170 valence electrons. The van der Waals surface area contributed by atoms with Gasteiger partial charge in [-0.15, -0.1) is 0 Å². The molecule has 3 aromatic rings. The summed E-state index contributed by atoms with van der Waals surface area (Å²) in [7, 11) is 4.45. The standard InChI is InChI=1S/C19H23N7O6/c1-19(2)17-22-10(12(27)16(30)26(17)6-7-32-19)14(28)20-8-9-21-13-11(23(9)3)15(29)25(5)18(31)24(13)4/h27H,6-8H2,1-5H3,(H,20,28). The van der Waals surface area contributed by atoms with Gasteiger partial charge in [0.05, 0.1) is 19.7 Å². The molecular weight excluding hydrogens is 422 g/mol. The zero-order chi connectivity index (χ0) is 23.5. The number of carbonyl (C=O) groups is 1. The summed E-state index contributed by atoms with van der Waals surface area (Å²) >= 11 is 0. The van der Waals surface area contributed by atoms with Gasteiger partial charge in [0.1, 0.15) is 17.2 Å². The van der Waals surface area contributed by atoms with E-state index in [9.17, 15) is 24.3 Å². The van der Waals surface area contributed by atoms with E-state index in [1.807, 2.05) is 0 Å². The number of hydrogen-bond donors (Lipinski definition) is 2. The number of aromatic hydroxyl groups is 1. The van der Waals surface area contributed by atoms with E-state index in [0.29, 0.717) is 5.82 Å². The van der Waals surface area contributed by atoms with Crippen LogP contribution in [0.3, 0.4) is 0 Å². The third kappa shape index (κ3) is 3.04. The van der Waals surface area contributed by atoms with Gasteiger partial charge in [-0.25, -0.2) is 14.8 Å². The third-order valence-corrected chi connectivity index (χ3v) is 5.65. The molecule has 0 saturated heterocycles. The molecule has 0 radical (unpaired) electrons. The number of aryl methyl sites for hydroxylation is 2. The van der Waals surface area contributed by atoms with Crippen LogP contribution in [0.4, 0.5) is 0 Å². The fourth-order valence-corrected chi connectivity index (χ4v) is 3.79. The van der Waals surface area contributed by atoms with Crippen LogP contribution in [0.25, 0.3) is 11.2 Å². The Morgan fingerprint density at radius 2 is 1.78 bits per heavy atom. The molecule has 13 heteroatoms. The number of nitrogens with one attached hydrogen (secondary N) is 1. The largest absolute Gasteiger partial charge is 0.501 e. The first-order valence-corrected chi connectivity index (χ1v) is 9.83. The monoisotopic (exact) mass is 445 g/mol. The minimum absolute atomic E-state index is 0.138. The van der Waals surface area contributed by atoms with E-state index < -0.39 is 39.8 Å². The molecule has 4 rings (SSSR count). The molecule has 0 bridgehead atoms. The predicted octanol–water partition coefficient (Wildman–Crippen LogP) is -1.57. The second kappa shape index (κ2) is 7.15. The molecule has 0 atom stereocenters. The Balaban J connectivity index is 1.70. The number of carbonyl (C=O) groups excluding carboxylic acids is 1. The van der Waals surface area contributed by atoms with Gasteiger partial charge < -0.3 is 19.7 Å². The van der Waals surface area contributed by atoms with E-state index in [1.165, 1.54) is 27.8 Å². The molecule has 0 fully saturated rings. The quantitative estimate of drug-likeness (QED) is 0.490. The highest BCUT2D eigenvalue weighted by Gasteiger charge is 2.34. The van der Waals surface area contributed by atoms with Gasteiger partial charge in [-0.3, -0.25) is 28.1 Å². The molecule has 3 aromatic heterocycles. The number of hydrogen-bond acceptors (Lipinski definition) is 8. The van der Waals surface area contributed by atoms with Crippen LogP contribution < -0.4 is 22.1 Å². The molecular formula is C19H23N7O6. The lowest BCUT2D eigenvalue weighted by atomic mass is 10.1. The lowest BCUT2D eigenvalue weighted by Gasteiger charge is -2.32. The Morgan fingerprint density at radius 3 is 2.47 bits per heavy atom. The van der Waals surface area contributed by atoms with Crippen LogP contribution in [0.2, 0.25) is 0 Å². The lowest BCUT2D eigenvalue weighted by molar-refractivity contribution is -0.0566. The summed E-state index contributed by atoms with van der Waals surface area (Å²) in [5.74, 6) is -1.02. The molecule has 0 saturated carbocycles. The minimum atomic E-state index is -0.914. The van der Waals surface area contributed by atoms with Crippen LogP contribution in [0.5, 0.6) is 5.75 Å². The lowest BCUT2D eigenvalue weighted by Crippen LogP contribution is -2.42. The van der Waals surface area contributed by atoms with Crippen molar-refractivity contribution in [2.75, 3.05) is 6.61 Å². The van der Waals surface area contributed by atoms with Crippen molar-refractivity contribution in [1.82, 2.24) is 33.6 Å². The van der Waals surface area contributed by atoms with Crippen molar-refractivity contribution in [3.63, 3.8) is 0 Å². The average Bonchev–Trinajstić information content (AvgIpc) is 3.08. The number of amides is 1. The summed E-state index contributed by atoms with van der Waals surface area (Å²) in [6, 6.07) is 0. The molecule has 1 aliphatic rings. The van der Waals surface area contributed by atoms with Crippen LogP contribution in [-0.2, 0) is 44.6 Å². The average molecular weight is 445 g/mol. The third-order valence-electron chi connectivity index (χ3n) is 5.65. The highest BCUT2D eigenvalue weighted by atomic mass is 16.5. The van der Waals surface area contributed by atoms with E-state index in [2.05, 4.69) is 15.3 Å². The molecule has 13 nitrogen and oxygen atoms in total. The highest BCUT2D eigenvalue weighted by Crippen LogP contribution is 2.27. The molecule has 1 amide bonds. The van der Waals surface area contributed by atoms with Crippen LogP contribution in [-0.4, -0.2) is 45.9 Å². The first-order valence-electron chi connectivity index (χ1n) is 9.83. The number of fused-ring (bicyclic) bond motifs is 2.